The van der Waals surface area contributed by atoms with Crippen LogP contribution in [0.1, 0.15) is 5.56 Å². The van der Waals surface area contributed by atoms with E-state index in [0.717, 1.165) is 28.7 Å². The lowest BCUT2D eigenvalue weighted by molar-refractivity contribution is -0.131. The van der Waals surface area contributed by atoms with Crippen LogP contribution in [-0.4, -0.2) is 29.1 Å². The SMILES string of the molecule is NCCNc1cccc(-c2cccc(C=CC(=O)O)c2)n1. The smallest absolute Gasteiger partial charge is 0.328 e. The largest absolute Gasteiger partial charge is 0.478 e. The Balaban J connectivity index is 2.25. The van der Waals surface area contributed by atoms with Gasteiger partial charge in [0.25, 0.3) is 0 Å². The van der Waals surface area contributed by atoms with Crippen molar-refractivity contribution in [2.45, 2.75) is 0 Å². The zero-order valence-corrected chi connectivity index (χ0v) is 11.5. The quantitative estimate of drug-likeness (QED) is 0.707. The molecule has 0 atom stereocenters. The highest BCUT2D eigenvalue weighted by atomic mass is 16.4. The Morgan fingerprint density at radius 3 is 2.86 bits per heavy atom. The van der Waals surface area contributed by atoms with Crippen molar-refractivity contribution in [3.63, 3.8) is 0 Å². The zero-order valence-electron chi connectivity index (χ0n) is 11.5. The number of pyridine rings is 1. The first-order valence-electron chi connectivity index (χ1n) is 6.61. The molecule has 0 saturated carbocycles. The van der Waals surface area contributed by atoms with Gasteiger partial charge in [0.05, 0.1) is 5.69 Å². The highest BCUT2D eigenvalue weighted by molar-refractivity contribution is 5.85. The minimum Gasteiger partial charge on any atom is -0.478 e. The van der Waals surface area contributed by atoms with Crippen LogP contribution in [0.15, 0.2) is 48.5 Å². The van der Waals surface area contributed by atoms with E-state index in [1.54, 1.807) is 6.08 Å². The monoisotopic (exact) mass is 283 g/mol. The van der Waals surface area contributed by atoms with Crippen molar-refractivity contribution >= 4 is 17.9 Å². The van der Waals surface area contributed by atoms with Gasteiger partial charge < -0.3 is 16.2 Å². The molecule has 0 amide bonds. The van der Waals surface area contributed by atoms with Crippen LogP contribution >= 0.6 is 0 Å². The van der Waals surface area contributed by atoms with Crippen molar-refractivity contribution in [3.8, 4) is 11.3 Å². The molecular weight excluding hydrogens is 266 g/mol. The van der Waals surface area contributed by atoms with E-state index in [9.17, 15) is 4.79 Å². The number of carboxylic acid groups (broad SMARTS) is 1. The summed E-state index contributed by atoms with van der Waals surface area (Å²) in [4.78, 5) is 15.1. The molecule has 1 aromatic heterocycles. The average Bonchev–Trinajstić information content (AvgIpc) is 2.51. The maximum Gasteiger partial charge on any atom is 0.328 e. The zero-order chi connectivity index (χ0) is 15.1. The molecule has 0 radical (unpaired) electrons. The van der Waals surface area contributed by atoms with E-state index in [-0.39, 0.29) is 0 Å². The van der Waals surface area contributed by atoms with Crippen molar-refractivity contribution < 1.29 is 9.90 Å². The highest BCUT2D eigenvalue weighted by Crippen LogP contribution is 2.20. The predicted octanol–water partition coefficient (Wildman–Crippen LogP) is 2.22. The number of benzene rings is 1. The van der Waals surface area contributed by atoms with Crippen LogP contribution in [0, 0.1) is 0 Å². The summed E-state index contributed by atoms with van der Waals surface area (Å²) in [6.45, 7) is 1.21. The van der Waals surface area contributed by atoms with Crippen molar-refractivity contribution in [1.82, 2.24) is 4.98 Å². The predicted molar refractivity (Wildman–Crippen MR) is 83.9 cm³/mol. The number of anilines is 1. The van der Waals surface area contributed by atoms with Gasteiger partial charge in [-0.2, -0.15) is 0 Å². The molecule has 0 bridgehead atoms. The summed E-state index contributed by atoms with van der Waals surface area (Å²) >= 11 is 0. The van der Waals surface area contributed by atoms with Crippen LogP contribution in [0.5, 0.6) is 0 Å². The van der Waals surface area contributed by atoms with E-state index in [4.69, 9.17) is 10.8 Å². The summed E-state index contributed by atoms with van der Waals surface area (Å²) < 4.78 is 0. The standard InChI is InChI=1S/C16H17N3O2/c17-9-10-18-15-6-2-5-14(19-15)13-4-1-3-12(11-13)7-8-16(20)21/h1-8,11H,9-10,17H2,(H,18,19)(H,20,21). The highest BCUT2D eigenvalue weighted by Gasteiger charge is 2.01. The number of carbonyl (C=O) groups is 1. The van der Waals surface area contributed by atoms with Crippen molar-refractivity contribution in [2.24, 2.45) is 5.73 Å². The molecule has 0 aliphatic carbocycles. The number of aromatic nitrogens is 1. The Labute approximate surface area is 123 Å². The van der Waals surface area contributed by atoms with Crippen LogP contribution in [-0.2, 0) is 4.79 Å². The molecule has 0 aliphatic rings. The molecule has 0 fully saturated rings. The summed E-state index contributed by atoms with van der Waals surface area (Å²) in [5.74, 6) is -0.198. The van der Waals surface area contributed by atoms with E-state index >= 15 is 0 Å². The Bertz CT molecular complexity index is 653. The fourth-order valence-corrected chi connectivity index (χ4v) is 1.86. The fraction of sp³-hybridized carbons (Fsp3) is 0.125. The van der Waals surface area contributed by atoms with E-state index in [1.165, 1.54) is 0 Å². The molecular formula is C16H17N3O2. The van der Waals surface area contributed by atoms with Crippen molar-refractivity contribution in [1.29, 1.82) is 0 Å². The number of aliphatic carboxylic acids is 1. The van der Waals surface area contributed by atoms with Gasteiger partial charge in [-0.3, -0.25) is 0 Å². The van der Waals surface area contributed by atoms with Gasteiger partial charge in [-0.25, -0.2) is 9.78 Å². The molecule has 21 heavy (non-hydrogen) atoms. The summed E-state index contributed by atoms with van der Waals surface area (Å²) in [5.41, 5.74) is 8.03. The summed E-state index contributed by atoms with van der Waals surface area (Å²) in [6.07, 6.45) is 2.67. The van der Waals surface area contributed by atoms with Gasteiger partial charge in [0, 0.05) is 24.7 Å². The minimum atomic E-state index is -0.966. The summed E-state index contributed by atoms with van der Waals surface area (Å²) in [6, 6.07) is 13.3. The first-order valence-corrected chi connectivity index (χ1v) is 6.61. The van der Waals surface area contributed by atoms with Gasteiger partial charge in [-0.05, 0) is 29.8 Å². The first-order chi connectivity index (χ1) is 10.2. The maximum absolute atomic E-state index is 10.6. The van der Waals surface area contributed by atoms with Gasteiger partial charge in [0.15, 0.2) is 0 Å². The van der Waals surface area contributed by atoms with E-state index in [2.05, 4.69) is 10.3 Å². The normalized spacial score (nSPS) is 10.7. The van der Waals surface area contributed by atoms with E-state index in [1.807, 2.05) is 42.5 Å². The summed E-state index contributed by atoms with van der Waals surface area (Å²) in [5, 5.41) is 11.8. The first kappa shape index (κ1) is 14.7. The molecule has 5 heteroatoms. The molecule has 4 N–H and O–H groups in total. The second-order valence-electron chi connectivity index (χ2n) is 4.42. The van der Waals surface area contributed by atoms with Crippen LogP contribution in [0.25, 0.3) is 17.3 Å². The van der Waals surface area contributed by atoms with Crippen LogP contribution in [0.3, 0.4) is 0 Å². The van der Waals surface area contributed by atoms with Gasteiger partial charge in [-0.15, -0.1) is 0 Å². The third-order valence-corrected chi connectivity index (χ3v) is 2.80. The van der Waals surface area contributed by atoms with Crippen molar-refractivity contribution in [2.75, 3.05) is 18.4 Å². The molecule has 0 spiro atoms. The summed E-state index contributed by atoms with van der Waals surface area (Å²) in [7, 11) is 0. The molecule has 0 saturated heterocycles. The lowest BCUT2D eigenvalue weighted by Gasteiger charge is -2.07. The number of rotatable bonds is 6. The second kappa shape index (κ2) is 7.21. The Morgan fingerprint density at radius 1 is 1.29 bits per heavy atom. The Kier molecular flexibility index (Phi) is 5.06. The maximum atomic E-state index is 10.6. The van der Waals surface area contributed by atoms with Gasteiger partial charge in [0.2, 0.25) is 0 Å². The molecule has 0 unspecified atom stereocenters. The lowest BCUT2D eigenvalue weighted by Crippen LogP contribution is -2.13. The number of nitrogens with two attached hydrogens (primary N) is 1. The number of hydrogen-bond donors (Lipinski definition) is 3. The molecule has 2 aromatic rings. The second-order valence-corrected chi connectivity index (χ2v) is 4.42. The van der Waals surface area contributed by atoms with Crippen LogP contribution < -0.4 is 11.1 Å². The topological polar surface area (TPSA) is 88.2 Å². The average molecular weight is 283 g/mol. The van der Waals surface area contributed by atoms with Crippen molar-refractivity contribution in [3.05, 3.63) is 54.1 Å². The number of carboxylic acids is 1. The van der Waals surface area contributed by atoms with Gasteiger partial charge in [-0.1, -0.05) is 24.3 Å². The van der Waals surface area contributed by atoms with Gasteiger partial charge >= 0.3 is 5.97 Å². The van der Waals surface area contributed by atoms with E-state index in [0.29, 0.717) is 13.1 Å². The third kappa shape index (κ3) is 4.43. The Morgan fingerprint density at radius 2 is 2.10 bits per heavy atom. The van der Waals surface area contributed by atoms with Crippen LogP contribution in [0.2, 0.25) is 0 Å². The molecule has 1 aromatic carbocycles. The van der Waals surface area contributed by atoms with Crippen LogP contribution in [0.4, 0.5) is 5.82 Å². The molecule has 2 rings (SSSR count). The van der Waals surface area contributed by atoms with Gasteiger partial charge in [0.1, 0.15) is 5.82 Å². The third-order valence-electron chi connectivity index (χ3n) is 2.80. The lowest BCUT2D eigenvalue weighted by atomic mass is 10.1. The fourth-order valence-electron chi connectivity index (χ4n) is 1.86. The molecule has 5 nitrogen and oxygen atoms in total. The molecule has 0 aliphatic heterocycles. The number of nitrogens with one attached hydrogen (secondary N) is 1. The minimum absolute atomic E-state index is 0.543. The number of nitrogens with zero attached hydrogens (tertiary/aromatic N) is 1. The Hall–Kier alpha value is -2.66. The molecule has 108 valence electrons. The molecule has 1 heterocycles. The number of hydrogen-bond acceptors (Lipinski definition) is 4. The van der Waals surface area contributed by atoms with E-state index < -0.39 is 5.97 Å².